The van der Waals surface area contributed by atoms with Crippen molar-refractivity contribution in [2.45, 2.75) is 0 Å². The summed E-state index contributed by atoms with van der Waals surface area (Å²) in [5.41, 5.74) is 0.212. The minimum atomic E-state index is -0.677. The van der Waals surface area contributed by atoms with Gasteiger partial charge in [-0.1, -0.05) is 0 Å². The number of nitrogens with one attached hydrogen (secondary N) is 1. The fourth-order valence-electron chi connectivity index (χ4n) is 1.19. The van der Waals surface area contributed by atoms with Crippen LogP contribution in [0.15, 0.2) is 18.2 Å². The number of benzene rings is 1. The summed E-state index contributed by atoms with van der Waals surface area (Å²) in [7, 11) is 1.52. The van der Waals surface area contributed by atoms with Gasteiger partial charge in [-0.25, -0.2) is 4.39 Å². The molecule has 18 heavy (non-hydrogen) atoms. The van der Waals surface area contributed by atoms with Gasteiger partial charge in [-0.15, -0.1) is 0 Å². The Morgan fingerprint density at radius 2 is 2.28 bits per heavy atom. The summed E-state index contributed by atoms with van der Waals surface area (Å²) in [5.74, 6) is -1.11. The first-order chi connectivity index (χ1) is 8.67. The second kappa shape index (κ2) is 7.39. The zero-order chi connectivity index (χ0) is 13.4. The molecule has 1 aromatic carbocycles. The molecule has 0 radical (unpaired) electrons. The normalized spacial score (nSPS) is 9.89. The molecule has 1 rings (SSSR count). The highest BCUT2D eigenvalue weighted by Gasteiger charge is 2.07. The van der Waals surface area contributed by atoms with Crippen LogP contribution in [0.4, 0.5) is 4.39 Å². The average Bonchev–Trinajstić information content (AvgIpc) is 2.37. The van der Waals surface area contributed by atoms with Crippen LogP contribution >= 0.6 is 0 Å². The number of hydrogen-bond donors (Lipinski definition) is 1. The third kappa shape index (κ3) is 4.50. The SMILES string of the molecule is COCCNC(=O)COc1ccc(C=O)cc1F. The molecule has 1 N–H and O–H groups in total. The van der Waals surface area contributed by atoms with Crippen molar-refractivity contribution in [3.05, 3.63) is 29.6 Å². The first kappa shape index (κ1) is 14.1. The van der Waals surface area contributed by atoms with Crippen molar-refractivity contribution in [3.8, 4) is 5.75 Å². The van der Waals surface area contributed by atoms with E-state index in [-0.39, 0.29) is 23.8 Å². The molecule has 0 heterocycles. The molecule has 0 aliphatic rings. The molecule has 0 fully saturated rings. The Kier molecular flexibility index (Phi) is 5.79. The van der Waals surface area contributed by atoms with E-state index in [1.165, 1.54) is 19.2 Å². The third-order valence-electron chi connectivity index (χ3n) is 2.08. The van der Waals surface area contributed by atoms with Crippen molar-refractivity contribution >= 4 is 12.2 Å². The fraction of sp³-hybridized carbons (Fsp3) is 0.333. The number of carbonyl (C=O) groups is 2. The first-order valence-corrected chi connectivity index (χ1v) is 5.30. The zero-order valence-electron chi connectivity index (χ0n) is 9.94. The molecule has 0 aromatic heterocycles. The standard InChI is InChI=1S/C12H14FNO4/c1-17-5-4-14-12(16)8-18-11-3-2-9(7-15)6-10(11)13/h2-3,6-7H,4-5,8H2,1H3,(H,14,16). The number of carbonyl (C=O) groups excluding carboxylic acids is 2. The lowest BCUT2D eigenvalue weighted by molar-refractivity contribution is -0.123. The van der Waals surface area contributed by atoms with Crippen LogP contribution in [-0.2, 0) is 9.53 Å². The molecule has 5 nitrogen and oxygen atoms in total. The van der Waals surface area contributed by atoms with Gasteiger partial charge in [0.05, 0.1) is 6.61 Å². The van der Waals surface area contributed by atoms with Crippen molar-refractivity contribution in [1.82, 2.24) is 5.32 Å². The molecule has 98 valence electrons. The predicted molar refractivity (Wildman–Crippen MR) is 62.2 cm³/mol. The van der Waals surface area contributed by atoms with Crippen LogP contribution < -0.4 is 10.1 Å². The first-order valence-electron chi connectivity index (χ1n) is 5.30. The lowest BCUT2D eigenvalue weighted by Crippen LogP contribution is -2.31. The zero-order valence-corrected chi connectivity index (χ0v) is 9.94. The van der Waals surface area contributed by atoms with E-state index in [2.05, 4.69) is 5.32 Å². The Morgan fingerprint density at radius 1 is 1.50 bits per heavy atom. The molecule has 1 aromatic rings. The monoisotopic (exact) mass is 255 g/mol. The van der Waals surface area contributed by atoms with Gasteiger partial charge in [0.15, 0.2) is 18.2 Å². The van der Waals surface area contributed by atoms with Gasteiger partial charge >= 0.3 is 0 Å². The molecule has 6 heteroatoms. The van der Waals surface area contributed by atoms with Gasteiger partial charge in [0.2, 0.25) is 0 Å². The van der Waals surface area contributed by atoms with Gasteiger partial charge in [0.1, 0.15) is 6.29 Å². The molecule has 0 unspecified atom stereocenters. The predicted octanol–water partition coefficient (Wildman–Crippen LogP) is 0.780. The van der Waals surface area contributed by atoms with E-state index >= 15 is 0 Å². The Hall–Kier alpha value is -1.95. The molecule has 1 amide bonds. The van der Waals surface area contributed by atoms with Crippen LogP contribution in [0.3, 0.4) is 0 Å². The highest BCUT2D eigenvalue weighted by Crippen LogP contribution is 2.17. The van der Waals surface area contributed by atoms with Gasteiger partial charge in [0.25, 0.3) is 5.91 Å². The molecular weight excluding hydrogens is 241 g/mol. The van der Waals surface area contributed by atoms with Crippen molar-refractivity contribution < 1.29 is 23.5 Å². The maximum absolute atomic E-state index is 13.4. The maximum atomic E-state index is 13.4. The number of methoxy groups -OCH3 is 1. The Labute approximate surface area is 104 Å². The summed E-state index contributed by atoms with van der Waals surface area (Å²) in [6, 6.07) is 3.76. The number of rotatable bonds is 7. The quantitative estimate of drug-likeness (QED) is 0.577. The lowest BCUT2D eigenvalue weighted by Gasteiger charge is -2.08. The summed E-state index contributed by atoms with van der Waals surface area (Å²) in [6.45, 7) is 0.473. The fourth-order valence-corrected chi connectivity index (χ4v) is 1.19. The van der Waals surface area contributed by atoms with E-state index < -0.39 is 5.82 Å². The Balaban J connectivity index is 2.43. The van der Waals surface area contributed by atoms with Crippen LogP contribution in [0.25, 0.3) is 0 Å². The summed E-state index contributed by atoms with van der Waals surface area (Å²) in [5, 5.41) is 2.53. The van der Waals surface area contributed by atoms with Gasteiger partial charge in [0, 0.05) is 19.2 Å². The number of ether oxygens (including phenoxy) is 2. The molecular formula is C12H14FNO4. The van der Waals surface area contributed by atoms with Crippen LogP contribution in [0.1, 0.15) is 10.4 Å². The van der Waals surface area contributed by atoms with Crippen LogP contribution in [0.2, 0.25) is 0 Å². The summed E-state index contributed by atoms with van der Waals surface area (Å²) in [4.78, 5) is 21.7. The molecule has 0 atom stereocenters. The maximum Gasteiger partial charge on any atom is 0.258 e. The number of hydrogen-bond acceptors (Lipinski definition) is 4. The molecule has 0 aliphatic carbocycles. The molecule has 0 aliphatic heterocycles. The molecule has 0 saturated carbocycles. The highest BCUT2D eigenvalue weighted by molar-refractivity contribution is 5.77. The van der Waals surface area contributed by atoms with E-state index in [1.54, 1.807) is 0 Å². The molecule has 0 bridgehead atoms. The lowest BCUT2D eigenvalue weighted by atomic mass is 10.2. The summed E-state index contributed by atoms with van der Waals surface area (Å²) in [6.07, 6.45) is 0.532. The number of amides is 1. The van der Waals surface area contributed by atoms with Crippen LogP contribution in [0, 0.1) is 5.82 Å². The highest BCUT2D eigenvalue weighted by atomic mass is 19.1. The van der Waals surface area contributed by atoms with Gasteiger partial charge in [-0.3, -0.25) is 9.59 Å². The van der Waals surface area contributed by atoms with E-state index in [0.717, 1.165) is 6.07 Å². The van der Waals surface area contributed by atoms with E-state index in [1.807, 2.05) is 0 Å². The minimum absolute atomic E-state index is 0.0671. The van der Waals surface area contributed by atoms with Crippen molar-refractivity contribution in [2.24, 2.45) is 0 Å². The molecule has 0 saturated heterocycles. The number of halogens is 1. The smallest absolute Gasteiger partial charge is 0.258 e. The number of aldehydes is 1. The Bertz CT molecular complexity index is 423. The van der Waals surface area contributed by atoms with E-state index in [4.69, 9.17) is 9.47 Å². The largest absolute Gasteiger partial charge is 0.481 e. The average molecular weight is 255 g/mol. The van der Waals surface area contributed by atoms with E-state index in [9.17, 15) is 14.0 Å². The van der Waals surface area contributed by atoms with Crippen molar-refractivity contribution in [3.63, 3.8) is 0 Å². The molecule has 0 spiro atoms. The van der Waals surface area contributed by atoms with Gasteiger partial charge < -0.3 is 14.8 Å². The Morgan fingerprint density at radius 3 is 2.89 bits per heavy atom. The van der Waals surface area contributed by atoms with Crippen molar-refractivity contribution in [2.75, 3.05) is 26.9 Å². The van der Waals surface area contributed by atoms with Crippen LogP contribution in [0.5, 0.6) is 5.75 Å². The van der Waals surface area contributed by atoms with Gasteiger partial charge in [-0.05, 0) is 18.2 Å². The van der Waals surface area contributed by atoms with Crippen LogP contribution in [-0.4, -0.2) is 39.1 Å². The topological polar surface area (TPSA) is 64.6 Å². The summed E-state index contributed by atoms with van der Waals surface area (Å²) < 4.78 is 23.1. The second-order valence-electron chi connectivity index (χ2n) is 3.44. The summed E-state index contributed by atoms with van der Waals surface area (Å²) >= 11 is 0. The van der Waals surface area contributed by atoms with E-state index in [0.29, 0.717) is 19.4 Å². The van der Waals surface area contributed by atoms with Crippen molar-refractivity contribution in [1.29, 1.82) is 0 Å². The third-order valence-corrected chi connectivity index (χ3v) is 2.08. The second-order valence-corrected chi connectivity index (χ2v) is 3.44. The van der Waals surface area contributed by atoms with Gasteiger partial charge in [-0.2, -0.15) is 0 Å². The minimum Gasteiger partial charge on any atom is -0.481 e.